The largest absolute Gasteiger partial charge is 0.469 e. The molecule has 0 radical (unpaired) electrons. The van der Waals surface area contributed by atoms with E-state index in [4.69, 9.17) is 4.42 Å². The van der Waals surface area contributed by atoms with E-state index in [-0.39, 0.29) is 11.9 Å². The van der Waals surface area contributed by atoms with E-state index in [1.165, 1.54) is 6.42 Å². The number of carbonyl (C=O) groups excluding carboxylic acids is 2. The minimum Gasteiger partial charge on any atom is -0.469 e. The molecule has 1 saturated heterocycles. The number of hydrogen-bond acceptors (Lipinski definition) is 3. The molecule has 1 aliphatic heterocycles. The van der Waals surface area contributed by atoms with Crippen LogP contribution in [0.3, 0.4) is 0 Å². The van der Waals surface area contributed by atoms with Crippen molar-refractivity contribution in [3.05, 3.63) is 54.0 Å². The molecule has 1 fully saturated rings. The summed E-state index contributed by atoms with van der Waals surface area (Å²) in [4.78, 5) is 26.4. The Hall–Kier alpha value is -2.76. The highest BCUT2D eigenvalue weighted by Gasteiger charge is 2.21. The SMILES string of the molecule is CC1CCCN(C(=O)c2ccc(NC(=O)NCCCc3ccco3)cc2)C1. The first-order chi connectivity index (χ1) is 13.1. The number of likely N-dealkylation sites (tertiary alicyclic amines) is 1. The predicted octanol–water partition coefficient (Wildman–Crippen LogP) is 3.91. The highest BCUT2D eigenvalue weighted by atomic mass is 16.3. The van der Waals surface area contributed by atoms with E-state index in [1.54, 1.807) is 30.5 Å². The van der Waals surface area contributed by atoms with E-state index in [0.717, 1.165) is 38.1 Å². The van der Waals surface area contributed by atoms with E-state index >= 15 is 0 Å². The van der Waals surface area contributed by atoms with Crippen LogP contribution in [0.1, 0.15) is 42.3 Å². The molecule has 0 saturated carbocycles. The molecule has 3 rings (SSSR count). The predicted molar refractivity (Wildman–Crippen MR) is 105 cm³/mol. The first kappa shape index (κ1) is 19.0. The summed E-state index contributed by atoms with van der Waals surface area (Å²) in [5.74, 6) is 1.54. The molecule has 2 N–H and O–H groups in total. The van der Waals surface area contributed by atoms with E-state index in [0.29, 0.717) is 23.7 Å². The fraction of sp³-hybridized carbons (Fsp3) is 0.429. The van der Waals surface area contributed by atoms with Gasteiger partial charge in [0.25, 0.3) is 5.91 Å². The van der Waals surface area contributed by atoms with E-state index in [9.17, 15) is 9.59 Å². The Labute approximate surface area is 159 Å². The number of piperidine rings is 1. The second-order valence-corrected chi connectivity index (χ2v) is 7.14. The second-order valence-electron chi connectivity index (χ2n) is 7.14. The van der Waals surface area contributed by atoms with Crippen LogP contribution < -0.4 is 10.6 Å². The standard InChI is InChI=1S/C21H27N3O3/c1-16-5-3-13-24(15-16)20(25)17-8-10-18(11-9-17)23-21(26)22-12-2-6-19-7-4-14-27-19/h4,7-11,14,16H,2-3,5-6,12-13,15H2,1H3,(H2,22,23,26). The lowest BCUT2D eigenvalue weighted by Crippen LogP contribution is -2.39. The maximum atomic E-state index is 12.6. The van der Waals surface area contributed by atoms with Gasteiger partial charge in [0.05, 0.1) is 6.26 Å². The van der Waals surface area contributed by atoms with Gasteiger partial charge >= 0.3 is 6.03 Å². The molecule has 0 bridgehead atoms. The molecular weight excluding hydrogens is 342 g/mol. The molecule has 1 aromatic carbocycles. The summed E-state index contributed by atoms with van der Waals surface area (Å²) in [6, 6.07) is 10.6. The Balaban J connectivity index is 1.42. The van der Waals surface area contributed by atoms with Gasteiger partial charge in [-0.2, -0.15) is 0 Å². The summed E-state index contributed by atoms with van der Waals surface area (Å²) < 4.78 is 5.26. The summed E-state index contributed by atoms with van der Waals surface area (Å²) in [6.07, 6.45) is 5.49. The average molecular weight is 369 g/mol. The number of rotatable bonds is 6. The zero-order valence-corrected chi connectivity index (χ0v) is 15.7. The number of furan rings is 1. The van der Waals surface area contributed by atoms with Gasteiger partial charge in [0.2, 0.25) is 0 Å². The van der Waals surface area contributed by atoms with Crippen molar-refractivity contribution in [1.29, 1.82) is 0 Å². The van der Waals surface area contributed by atoms with Crippen molar-refractivity contribution in [1.82, 2.24) is 10.2 Å². The Bertz CT molecular complexity index is 741. The number of nitrogens with one attached hydrogen (secondary N) is 2. The first-order valence-electron chi connectivity index (χ1n) is 9.58. The molecule has 6 nitrogen and oxygen atoms in total. The maximum absolute atomic E-state index is 12.6. The Morgan fingerprint density at radius 2 is 2.04 bits per heavy atom. The number of aryl methyl sites for hydroxylation is 1. The highest BCUT2D eigenvalue weighted by Crippen LogP contribution is 2.19. The molecule has 1 unspecified atom stereocenters. The van der Waals surface area contributed by atoms with Crippen LogP contribution in [0.2, 0.25) is 0 Å². The third-order valence-corrected chi connectivity index (χ3v) is 4.80. The normalized spacial score (nSPS) is 16.8. The Morgan fingerprint density at radius 1 is 1.22 bits per heavy atom. The quantitative estimate of drug-likeness (QED) is 0.758. The van der Waals surface area contributed by atoms with Crippen LogP contribution in [0, 0.1) is 5.92 Å². The molecule has 6 heteroatoms. The lowest BCUT2D eigenvalue weighted by atomic mass is 9.99. The monoisotopic (exact) mass is 369 g/mol. The van der Waals surface area contributed by atoms with Crippen LogP contribution in [-0.2, 0) is 6.42 Å². The van der Waals surface area contributed by atoms with Crippen molar-refractivity contribution in [3.8, 4) is 0 Å². The van der Waals surface area contributed by atoms with Crippen molar-refractivity contribution in [2.24, 2.45) is 5.92 Å². The first-order valence-corrected chi connectivity index (χ1v) is 9.58. The van der Waals surface area contributed by atoms with Gasteiger partial charge in [0.1, 0.15) is 5.76 Å². The van der Waals surface area contributed by atoms with E-state index in [2.05, 4.69) is 17.6 Å². The van der Waals surface area contributed by atoms with Crippen molar-refractivity contribution in [2.75, 3.05) is 25.0 Å². The highest BCUT2D eigenvalue weighted by molar-refractivity contribution is 5.95. The summed E-state index contributed by atoms with van der Waals surface area (Å²) >= 11 is 0. The molecule has 0 aliphatic carbocycles. The zero-order chi connectivity index (χ0) is 19.1. The number of carbonyl (C=O) groups is 2. The summed E-state index contributed by atoms with van der Waals surface area (Å²) in [5.41, 5.74) is 1.33. The van der Waals surface area contributed by atoms with E-state index < -0.39 is 0 Å². The average Bonchev–Trinajstić information content (AvgIpc) is 3.19. The maximum Gasteiger partial charge on any atom is 0.319 e. The molecule has 2 heterocycles. The third kappa shape index (κ3) is 5.61. The van der Waals surface area contributed by atoms with E-state index in [1.807, 2.05) is 17.0 Å². The molecule has 0 spiro atoms. The minimum absolute atomic E-state index is 0.0653. The number of amides is 3. The van der Waals surface area contributed by atoms with Gasteiger partial charge in [-0.25, -0.2) is 4.79 Å². The molecule has 1 aliphatic rings. The van der Waals surface area contributed by atoms with Crippen LogP contribution in [0.4, 0.5) is 10.5 Å². The lowest BCUT2D eigenvalue weighted by molar-refractivity contribution is 0.0683. The molecular formula is C21H27N3O3. The van der Waals surface area contributed by atoms with Gasteiger partial charge in [-0.3, -0.25) is 4.79 Å². The summed E-state index contributed by atoms with van der Waals surface area (Å²) in [5, 5.41) is 5.61. The summed E-state index contributed by atoms with van der Waals surface area (Å²) in [7, 11) is 0. The number of nitrogens with zero attached hydrogens (tertiary/aromatic N) is 1. The number of hydrogen-bond donors (Lipinski definition) is 2. The van der Waals surface area contributed by atoms with Crippen molar-refractivity contribution >= 4 is 17.6 Å². The van der Waals surface area contributed by atoms with Gasteiger partial charge in [0.15, 0.2) is 0 Å². The molecule has 1 atom stereocenters. The van der Waals surface area contributed by atoms with Crippen molar-refractivity contribution in [2.45, 2.75) is 32.6 Å². The topological polar surface area (TPSA) is 74.6 Å². The van der Waals surface area contributed by atoms with Crippen LogP contribution in [0.25, 0.3) is 0 Å². The molecule has 2 aromatic rings. The second kappa shape index (κ2) is 9.26. The fourth-order valence-corrected chi connectivity index (χ4v) is 3.35. The molecule has 3 amide bonds. The van der Waals surface area contributed by atoms with Gasteiger partial charge in [0, 0.05) is 37.3 Å². The zero-order valence-electron chi connectivity index (χ0n) is 15.7. The fourth-order valence-electron chi connectivity index (χ4n) is 3.35. The van der Waals surface area contributed by atoms with Gasteiger partial charge in [-0.15, -0.1) is 0 Å². The smallest absolute Gasteiger partial charge is 0.319 e. The minimum atomic E-state index is -0.252. The van der Waals surface area contributed by atoms with Gasteiger partial charge in [-0.05, 0) is 61.6 Å². The number of anilines is 1. The van der Waals surface area contributed by atoms with Crippen LogP contribution >= 0.6 is 0 Å². The number of urea groups is 1. The van der Waals surface area contributed by atoms with Crippen molar-refractivity contribution in [3.63, 3.8) is 0 Å². The lowest BCUT2D eigenvalue weighted by Gasteiger charge is -2.31. The molecule has 144 valence electrons. The van der Waals surface area contributed by atoms with Gasteiger partial charge in [-0.1, -0.05) is 6.92 Å². The van der Waals surface area contributed by atoms with Crippen LogP contribution in [0.15, 0.2) is 47.1 Å². The van der Waals surface area contributed by atoms with Gasteiger partial charge < -0.3 is 20.0 Å². The summed E-state index contributed by atoms with van der Waals surface area (Å²) in [6.45, 7) is 4.39. The Morgan fingerprint density at radius 3 is 2.74 bits per heavy atom. The molecule has 1 aromatic heterocycles. The number of benzene rings is 1. The van der Waals surface area contributed by atoms with Crippen LogP contribution in [-0.4, -0.2) is 36.5 Å². The Kier molecular flexibility index (Phi) is 6.52. The van der Waals surface area contributed by atoms with Crippen LogP contribution in [0.5, 0.6) is 0 Å². The third-order valence-electron chi connectivity index (χ3n) is 4.80. The van der Waals surface area contributed by atoms with Crippen molar-refractivity contribution < 1.29 is 14.0 Å². The molecule has 27 heavy (non-hydrogen) atoms.